The summed E-state index contributed by atoms with van der Waals surface area (Å²) in [6.07, 6.45) is 1.23. The van der Waals surface area contributed by atoms with Crippen molar-refractivity contribution in [2.75, 3.05) is 24.4 Å². The van der Waals surface area contributed by atoms with Crippen LogP contribution in [0.3, 0.4) is 0 Å². The van der Waals surface area contributed by atoms with Crippen LogP contribution >= 0.6 is 0 Å². The largest absolute Gasteiger partial charge is 0.497 e. The molecule has 1 aromatic heterocycles. The molecule has 2 heterocycles. The fourth-order valence-electron chi connectivity index (χ4n) is 3.43. The van der Waals surface area contributed by atoms with E-state index in [1.807, 2.05) is 49.4 Å². The number of hydrogen-bond donors (Lipinski definition) is 1. The number of aryl methyl sites for hydroxylation is 1. The summed E-state index contributed by atoms with van der Waals surface area (Å²) in [5, 5.41) is 3.45. The number of benzene rings is 2. The normalized spacial score (nSPS) is 15.3. The maximum Gasteiger partial charge on any atom is 0.262 e. The van der Waals surface area contributed by atoms with Crippen LogP contribution in [0, 0.1) is 6.92 Å². The van der Waals surface area contributed by atoms with Crippen molar-refractivity contribution in [2.24, 2.45) is 0 Å². The number of nitrogens with one attached hydrogen (secondary N) is 1. The number of amides is 1. The first-order chi connectivity index (χ1) is 13.6. The van der Waals surface area contributed by atoms with Gasteiger partial charge in [0.15, 0.2) is 6.17 Å². The third kappa shape index (κ3) is 3.03. The zero-order valence-electron chi connectivity index (χ0n) is 16.0. The van der Waals surface area contributed by atoms with Crippen LogP contribution in [0.4, 0.5) is 11.4 Å². The van der Waals surface area contributed by atoms with E-state index in [-0.39, 0.29) is 5.91 Å². The molecule has 2 aromatic carbocycles. The minimum atomic E-state index is -0.466. The van der Waals surface area contributed by atoms with Crippen molar-refractivity contribution in [2.45, 2.75) is 13.1 Å². The molecule has 1 aliphatic heterocycles. The highest BCUT2D eigenvalue weighted by Crippen LogP contribution is 2.39. The molecule has 3 aromatic rings. The van der Waals surface area contributed by atoms with Crippen molar-refractivity contribution in [3.05, 3.63) is 77.6 Å². The van der Waals surface area contributed by atoms with E-state index >= 15 is 0 Å². The highest BCUT2D eigenvalue weighted by Gasteiger charge is 2.39. The second-order valence-electron chi connectivity index (χ2n) is 6.56. The molecule has 1 amide bonds. The van der Waals surface area contributed by atoms with Crippen LogP contribution in [-0.4, -0.2) is 25.1 Å². The molecule has 1 atom stereocenters. The average Bonchev–Trinajstić information content (AvgIpc) is 3.00. The maximum atomic E-state index is 13.2. The van der Waals surface area contributed by atoms with E-state index in [0.717, 1.165) is 16.9 Å². The number of pyridine rings is 1. The van der Waals surface area contributed by atoms with Crippen LogP contribution in [0.1, 0.15) is 27.8 Å². The van der Waals surface area contributed by atoms with Crippen LogP contribution < -0.4 is 19.7 Å². The van der Waals surface area contributed by atoms with Crippen LogP contribution in [0.25, 0.3) is 0 Å². The first kappa shape index (κ1) is 17.9. The van der Waals surface area contributed by atoms with Crippen molar-refractivity contribution < 1.29 is 14.3 Å². The Kier molecular flexibility index (Phi) is 4.61. The molecule has 1 N–H and O–H groups in total. The van der Waals surface area contributed by atoms with Crippen molar-refractivity contribution in [3.63, 3.8) is 0 Å². The highest BCUT2D eigenvalue weighted by atomic mass is 16.5. The number of rotatable bonds is 5. The molecule has 0 aliphatic carbocycles. The van der Waals surface area contributed by atoms with Gasteiger partial charge >= 0.3 is 0 Å². The molecular weight excluding hydrogens is 354 g/mol. The predicted octanol–water partition coefficient (Wildman–Crippen LogP) is 4.18. The van der Waals surface area contributed by atoms with Crippen molar-refractivity contribution in [3.8, 4) is 11.5 Å². The van der Waals surface area contributed by atoms with Crippen molar-refractivity contribution in [1.82, 2.24) is 4.98 Å². The lowest BCUT2D eigenvalue weighted by atomic mass is 10.1. The summed E-state index contributed by atoms with van der Waals surface area (Å²) in [4.78, 5) is 19.4. The van der Waals surface area contributed by atoms with Gasteiger partial charge in [-0.2, -0.15) is 0 Å². The SMILES string of the molecule is COc1cccc(N2C(=O)c3cccnc3C2Nc2cc(C)ccc2OC)c1. The molecule has 6 heteroatoms. The minimum Gasteiger partial charge on any atom is -0.497 e. The van der Waals surface area contributed by atoms with Gasteiger partial charge in [-0.25, -0.2) is 0 Å². The number of hydrogen-bond acceptors (Lipinski definition) is 5. The van der Waals surface area contributed by atoms with Crippen molar-refractivity contribution in [1.29, 1.82) is 0 Å². The highest BCUT2D eigenvalue weighted by molar-refractivity contribution is 6.11. The number of nitrogens with zero attached hydrogens (tertiary/aromatic N) is 2. The molecule has 1 aliphatic rings. The molecule has 0 saturated heterocycles. The molecule has 1 unspecified atom stereocenters. The molecule has 6 nitrogen and oxygen atoms in total. The second-order valence-corrected chi connectivity index (χ2v) is 6.56. The van der Waals surface area contributed by atoms with Gasteiger partial charge < -0.3 is 14.8 Å². The molecule has 4 rings (SSSR count). The molecule has 0 bridgehead atoms. The third-order valence-electron chi connectivity index (χ3n) is 4.78. The number of aromatic nitrogens is 1. The lowest BCUT2D eigenvalue weighted by Crippen LogP contribution is -2.32. The number of fused-ring (bicyclic) bond motifs is 1. The van der Waals surface area contributed by atoms with Gasteiger partial charge in [-0.15, -0.1) is 0 Å². The average molecular weight is 375 g/mol. The Morgan fingerprint density at radius 2 is 1.89 bits per heavy atom. The fourth-order valence-corrected chi connectivity index (χ4v) is 3.43. The van der Waals surface area contributed by atoms with Gasteiger partial charge in [0.25, 0.3) is 5.91 Å². The molecule has 142 valence electrons. The lowest BCUT2D eigenvalue weighted by molar-refractivity contribution is 0.0993. The molecule has 0 fully saturated rings. The van der Waals surface area contributed by atoms with E-state index in [1.54, 1.807) is 37.4 Å². The smallest absolute Gasteiger partial charge is 0.262 e. The number of ether oxygens (including phenoxy) is 2. The number of carbonyl (C=O) groups excluding carboxylic acids is 1. The maximum absolute atomic E-state index is 13.2. The van der Waals surface area contributed by atoms with E-state index in [1.165, 1.54) is 0 Å². The number of anilines is 2. The Labute approximate surface area is 163 Å². The van der Waals surface area contributed by atoms with Crippen LogP contribution in [0.15, 0.2) is 60.8 Å². The van der Waals surface area contributed by atoms with Gasteiger partial charge in [0.05, 0.1) is 36.9 Å². The molecule has 28 heavy (non-hydrogen) atoms. The Morgan fingerprint density at radius 3 is 2.68 bits per heavy atom. The second kappa shape index (κ2) is 7.23. The van der Waals surface area contributed by atoms with Crippen LogP contribution in [0.5, 0.6) is 11.5 Å². The molecular formula is C22H21N3O3. The van der Waals surface area contributed by atoms with E-state index in [9.17, 15) is 4.79 Å². The van der Waals surface area contributed by atoms with Crippen LogP contribution in [-0.2, 0) is 0 Å². The lowest BCUT2D eigenvalue weighted by Gasteiger charge is -2.27. The summed E-state index contributed by atoms with van der Waals surface area (Å²) in [5.74, 6) is 1.27. The monoisotopic (exact) mass is 375 g/mol. The fraction of sp³-hybridized carbons (Fsp3) is 0.182. The van der Waals surface area contributed by atoms with Gasteiger partial charge in [0, 0.05) is 12.3 Å². The Balaban J connectivity index is 1.81. The standard InChI is InChI=1S/C22H21N3O3/c1-14-9-10-19(28-3)18(12-14)24-21-20-17(8-5-11-23-20)22(26)25(21)15-6-4-7-16(13-15)27-2/h4-13,21,24H,1-3H3. The van der Waals surface area contributed by atoms with Gasteiger partial charge in [-0.3, -0.25) is 14.7 Å². The Morgan fingerprint density at radius 1 is 1.04 bits per heavy atom. The summed E-state index contributed by atoms with van der Waals surface area (Å²) < 4.78 is 10.8. The summed E-state index contributed by atoms with van der Waals surface area (Å²) in [7, 11) is 3.23. The van der Waals surface area contributed by atoms with Gasteiger partial charge in [0.1, 0.15) is 11.5 Å². The van der Waals surface area contributed by atoms with E-state index < -0.39 is 6.17 Å². The summed E-state index contributed by atoms with van der Waals surface area (Å²) >= 11 is 0. The predicted molar refractivity (Wildman–Crippen MR) is 108 cm³/mol. The summed E-state index contributed by atoms with van der Waals surface area (Å²) in [6.45, 7) is 2.01. The van der Waals surface area contributed by atoms with E-state index in [0.29, 0.717) is 22.8 Å². The van der Waals surface area contributed by atoms with E-state index in [2.05, 4.69) is 10.3 Å². The van der Waals surface area contributed by atoms with Gasteiger partial charge in [-0.05, 0) is 48.9 Å². The first-order valence-electron chi connectivity index (χ1n) is 8.96. The molecule has 0 saturated carbocycles. The van der Waals surface area contributed by atoms with Gasteiger partial charge in [0.2, 0.25) is 0 Å². The van der Waals surface area contributed by atoms with Gasteiger partial charge in [-0.1, -0.05) is 12.1 Å². The Bertz CT molecular complexity index is 1040. The number of carbonyl (C=O) groups is 1. The topological polar surface area (TPSA) is 63.7 Å². The first-order valence-corrected chi connectivity index (χ1v) is 8.96. The third-order valence-corrected chi connectivity index (χ3v) is 4.78. The van der Waals surface area contributed by atoms with E-state index in [4.69, 9.17) is 9.47 Å². The quantitative estimate of drug-likeness (QED) is 0.725. The molecule has 0 radical (unpaired) electrons. The summed E-state index contributed by atoms with van der Waals surface area (Å²) in [5.41, 5.74) is 3.87. The Hall–Kier alpha value is -3.54. The minimum absolute atomic E-state index is 0.111. The zero-order valence-corrected chi connectivity index (χ0v) is 16.0. The van der Waals surface area contributed by atoms with Crippen molar-refractivity contribution >= 4 is 17.3 Å². The molecule has 0 spiro atoms. The number of methoxy groups -OCH3 is 2. The summed E-state index contributed by atoms with van der Waals surface area (Å²) in [6, 6.07) is 16.9. The van der Waals surface area contributed by atoms with Crippen LogP contribution in [0.2, 0.25) is 0 Å². The zero-order chi connectivity index (χ0) is 19.7.